The van der Waals surface area contributed by atoms with E-state index in [0.717, 1.165) is 19.3 Å². The van der Waals surface area contributed by atoms with Crippen LogP contribution in [0.5, 0.6) is 5.75 Å². The standard InChI is InChI=1S/C21H20N4O4/c1-12-19(23-22-17-7-3-6-15(20(17)28)11-18(26)27)21(29)25(24-12)16-9-8-13-4-2-5-14(13)10-16/h3,6-10,19,28H,2,4-5,11H2,1H3,(H,26,27)/b23-22+. The largest absolute Gasteiger partial charge is 0.505 e. The van der Waals surface area contributed by atoms with Crippen molar-refractivity contribution >= 4 is 29.0 Å². The number of carboxylic acids is 1. The fraction of sp³-hybridized carbons (Fsp3) is 0.286. The van der Waals surface area contributed by atoms with E-state index in [2.05, 4.69) is 15.3 Å². The fourth-order valence-corrected chi connectivity index (χ4v) is 3.65. The predicted octanol–water partition coefficient (Wildman–Crippen LogP) is 3.38. The molecule has 8 nitrogen and oxygen atoms in total. The molecule has 1 amide bonds. The van der Waals surface area contributed by atoms with Gasteiger partial charge in [-0.1, -0.05) is 18.2 Å². The number of nitrogens with zero attached hydrogens (tertiary/aromatic N) is 4. The highest BCUT2D eigenvalue weighted by atomic mass is 16.4. The van der Waals surface area contributed by atoms with Gasteiger partial charge in [-0.2, -0.15) is 20.3 Å². The van der Waals surface area contributed by atoms with Crippen LogP contribution in [0.15, 0.2) is 51.7 Å². The highest BCUT2D eigenvalue weighted by Crippen LogP contribution is 2.32. The molecule has 0 radical (unpaired) electrons. The number of carbonyl (C=O) groups excluding carboxylic acids is 1. The van der Waals surface area contributed by atoms with Crippen molar-refractivity contribution in [2.24, 2.45) is 15.3 Å². The van der Waals surface area contributed by atoms with Gasteiger partial charge in [0.1, 0.15) is 11.4 Å². The van der Waals surface area contributed by atoms with Crippen molar-refractivity contribution in [1.82, 2.24) is 0 Å². The fourth-order valence-electron chi connectivity index (χ4n) is 3.65. The van der Waals surface area contributed by atoms with Crippen LogP contribution in [0.4, 0.5) is 11.4 Å². The van der Waals surface area contributed by atoms with E-state index in [0.29, 0.717) is 11.4 Å². The molecule has 148 valence electrons. The second-order valence-corrected chi connectivity index (χ2v) is 7.17. The number of benzene rings is 2. The third-order valence-electron chi connectivity index (χ3n) is 5.14. The van der Waals surface area contributed by atoms with Crippen LogP contribution >= 0.6 is 0 Å². The molecule has 1 aliphatic heterocycles. The Morgan fingerprint density at radius 2 is 2.03 bits per heavy atom. The molecule has 0 spiro atoms. The Labute approximate surface area is 167 Å². The molecule has 1 heterocycles. The number of aromatic hydroxyl groups is 1. The molecule has 1 aliphatic carbocycles. The summed E-state index contributed by atoms with van der Waals surface area (Å²) in [4.78, 5) is 23.7. The zero-order valence-corrected chi connectivity index (χ0v) is 15.9. The van der Waals surface area contributed by atoms with Gasteiger partial charge in [0.25, 0.3) is 5.91 Å². The minimum absolute atomic E-state index is 0.111. The SMILES string of the molecule is CC1=NN(c2ccc3c(c2)CCC3)C(=O)C1/N=N/c1cccc(CC(=O)O)c1O. The molecule has 0 bridgehead atoms. The van der Waals surface area contributed by atoms with Crippen LogP contribution in [0, 0.1) is 0 Å². The molecule has 2 aromatic carbocycles. The molecular formula is C21H20N4O4. The van der Waals surface area contributed by atoms with Crippen molar-refractivity contribution in [1.29, 1.82) is 0 Å². The number of hydrogen-bond donors (Lipinski definition) is 2. The topological polar surface area (TPSA) is 115 Å². The first-order chi connectivity index (χ1) is 13.9. The summed E-state index contributed by atoms with van der Waals surface area (Å²) in [6.45, 7) is 1.70. The number of para-hydroxylation sites is 1. The van der Waals surface area contributed by atoms with Gasteiger partial charge in [0, 0.05) is 5.56 Å². The van der Waals surface area contributed by atoms with E-state index < -0.39 is 12.0 Å². The van der Waals surface area contributed by atoms with Gasteiger partial charge in [-0.15, -0.1) is 0 Å². The van der Waals surface area contributed by atoms with Gasteiger partial charge in [-0.25, -0.2) is 0 Å². The Kier molecular flexibility index (Phi) is 4.84. The van der Waals surface area contributed by atoms with Crippen LogP contribution in [-0.2, 0) is 28.9 Å². The first-order valence-corrected chi connectivity index (χ1v) is 9.38. The van der Waals surface area contributed by atoms with Crippen molar-refractivity contribution in [2.75, 3.05) is 5.01 Å². The van der Waals surface area contributed by atoms with Gasteiger partial charge in [-0.05, 0) is 55.5 Å². The minimum atomic E-state index is -1.06. The van der Waals surface area contributed by atoms with Gasteiger partial charge < -0.3 is 10.2 Å². The number of amides is 1. The number of hydrogen-bond acceptors (Lipinski definition) is 6. The number of aryl methyl sites for hydroxylation is 2. The first-order valence-electron chi connectivity index (χ1n) is 9.38. The number of anilines is 1. The third-order valence-corrected chi connectivity index (χ3v) is 5.14. The summed E-state index contributed by atoms with van der Waals surface area (Å²) in [5.74, 6) is -1.63. The molecule has 4 rings (SSSR count). The van der Waals surface area contributed by atoms with E-state index in [1.54, 1.807) is 13.0 Å². The summed E-state index contributed by atoms with van der Waals surface area (Å²) < 4.78 is 0. The zero-order chi connectivity index (χ0) is 20.5. The monoisotopic (exact) mass is 392 g/mol. The van der Waals surface area contributed by atoms with E-state index in [-0.39, 0.29) is 29.3 Å². The molecule has 0 fully saturated rings. The van der Waals surface area contributed by atoms with Crippen molar-refractivity contribution < 1.29 is 19.8 Å². The van der Waals surface area contributed by atoms with E-state index in [1.807, 2.05) is 18.2 Å². The van der Waals surface area contributed by atoms with Crippen molar-refractivity contribution in [2.45, 2.75) is 38.6 Å². The number of carbonyl (C=O) groups is 2. The average Bonchev–Trinajstić information content (AvgIpc) is 3.26. The molecule has 8 heteroatoms. The van der Waals surface area contributed by atoms with Crippen molar-refractivity contribution in [3.63, 3.8) is 0 Å². The summed E-state index contributed by atoms with van der Waals surface area (Å²) in [5.41, 5.74) is 4.11. The maximum absolute atomic E-state index is 12.9. The number of phenolic OH excluding ortho intramolecular Hbond substituents is 1. The maximum atomic E-state index is 12.9. The van der Waals surface area contributed by atoms with E-state index in [4.69, 9.17) is 5.11 Å². The van der Waals surface area contributed by atoms with Crippen molar-refractivity contribution in [3.05, 3.63) is 53.1 Å². The molecule has 1 atom stereocenters. The lowest BCUT2D eigenvalue weighted by Gasteiger charge is -2.14. The number of aliphatic carboxylic acids is 1. The van der Waals surface area contributed by atoms with Crippen LogP contribution in [0.2, 0.25) is 0 Å². The van der Waals surface area contributed by atoms with Crippen LogP contribution < -0.4 is 5.01 Å². The second-order valence-electron chi connectivity index (χ2n) is 7.17. The number of azo groups is 1. The van der Waals surface area contributed by atoms with Gasteiger partial charge in [0.05, 0.1) is 17.8 Å². The van der Waals surface area contributed by atoms with Crippen LogP contribution in [0.1, 0.15) is 30.0 Å². The maximum Gasteiger partial charge on any atom is 0.307 e. The molecule has 0 saturated heterocycles. The summed E-state index contributed by atoms with van der Waals surface area (Å²) in [6.07, 6.45) is 2.86. The Morgan fingerprint density at radius 1 is 1.24 bits per heavy atom. The number of fused-ring (bicyclic) bond motifs is 1. The Hall–Kier alpha value is -3.55. The predicted molar refractivity (Wildman–Crippen MR) is 107 cm³/mol. The highest BCUT2D eigenvalue weighted by molar-refractivity contribution is 6.18. The smallest absolute Gasteiger partial charge is 0.307 e. The summed E-state index contributed by atoms with van der Waals surface area (Å²) >= 11 is 0. The lowest BCUT2D eigenvalue weighted by Crippen LogP contribution is -2.29. The minimum Gasteiger partial charge on any atom is -0.505 e. The second kappa shape index (κ2) is 7.46. The number of hydrazone groups is 1. The number of phenols is 1. The lowest BCUT2D eigenvalue weighted by atomic mass is 10.1. The van der Waals surface area contributed by atoms with Crippen LogP contribution in [0.3, 0.4) is 0 Å². The van der Waals surface area contributed by atoms with Gasteiger partial charge in [-0.3, -0.25) is 9.59 Å². The summed E-state index contributed by atoms with van der Waals surface area (Å²) in [5, 5.41) is 32.9. The molecule has 2 aliphatic rings. The Bertz CT molecular complexity index is 1060. The molecule has 1 unspecified atom stereocenters. The van der Waals surface area contributed by atoms with Crippen LogP contribution in [0.25, 0.3) is 0 Å². The molecule has 0 aromatic heterocycles. The van der Waals surface area contributed by atoms with E-state index in [1.165, 1.54) is 28.3 Å². The Balaban J connectivity index is 1.56. The van der Waals surface area contributed by atoms with Crippen molar-refractivity contribution in [3.8, 4) is 5.75 Å². The normalized spacial score (nSPS) is 18.4. The average molecular weight is 392 g/mol. The highest BCUT2D eigenvalue weighted by Gasteiger charge is 2.35. The zero-order valence-electron chi connectivity index (χ0n) is 15.9. The molecular weight excluding hydrogens is 372 g/mol. The quantitative estimate of drug-likeness (QED) is 0.759. The lowest BCUT2D eigenvalue weighted by molar-refractivity contribution is -0.136. The third kappa shape index (κ3) is 3.61. The van der Waals surface area contributed by atoms with Gasteiger partial charge >= 0.3 is 5.97 Å². The van der Waals surface area contributed by atoms with Gasteiger partial charge in [0.15, 0.2) is 6.04 Å². The number of carboxylic acid groups (broad SMARTS) is 1. The summed E-state index contributed by atoms with van der Waals surface area (Å²) in [7, 11) is 0. The van der Waals surface area contributed by atoms with E-state index in [9.17, 15) is 14.7 Å². The molecule has 29 heavy (non-hydrogen) atoms. The Morgan fingerprint density at radius 3 is 2.83 bits per heavy atom. The van der Waals surface area contributed by atoms with Gasteiger partial charge in [0.2, 0.25) is 0 Å². The van der Waals surface area contributed by atoms with E-state index >= 15 is 0 Å². The summed E-state index contributed by atoms with van der Waals surface area (Å²) in [6, 6.07) is 9.64. The van der Waals surface area contributed by atoms with Crippen LogP contribution in [-0.4, -0.2) is 33.8 Å². The molecule has 2 N–H and O–H groups in total. The molecule has 0 saturated carbocycles. The number of rotatable bonds is 5. The molecule has 2 aromatic rings. The first kappa shape index (κ1) is 18.8.